The summed E-state index contributed by atoms with van der Waals surface area (Å²) in [4.78, 5) is 17.5. The third-order valence-electron chi connectivity index (χ3n) is 5.09. The van der Waals surface area contributed by atoms with Gasteiger partial charge in [-0.2, -0.15) is 0 Å². The van der Waals surface area contributed by atoms with Crippen LogP contribution in [0, 0.1) is 6.92 Å². The summed E-state index contributed by atoms with van der Waals surface area (Å²) in [6, 6.07) is 15.6. The number of nitrogens with zero attached hydrogens (tertiary/aromatic N) is 2. The molecule has 30 heavy (non-hydrogen) atoms. The quantitative estimate of drug-likeness (QED) is 0.496. The van der Waals surface area contributed by atoms with Crippen LogP contribution in [-0.2, 0) is 19.7 Å². The topological polar surface area (TPSA) is 69.3 Å². The second-order valence-corrected chi connectivity index (χ2v) is 8.27. The van der Waals surface area contributed by atoms with Crippen LogP contribution >= 0.6 is 11.8 Å². The van der Waals surface area contributed by atoms with Gasteiger partial charge < -0.3 is 19.0 Å². The van der Waals surface area contributed by atoms with Gasteiger partial charge in [0.05, 0.1) is 17.8 Å². The van der Waals surface area contributed by atoms with Gasteiger partial charge in [0.15, 0.2) is 5.16 Å². The molecule has 2 aromatic heterocycles. The Hall–Kier alpha value is -3.19. The van der Waals surface area contributed by atoms with Gasteiger partial charge in [-0.15, -0.1) is 0 Å². The highest BCUT2D eigenvalue weighted by Gasteiger charge is 2.20. The summed E-state index contributed by atoms with van der Waals surface area (Å²) in [7, 11) is 0. The number of carbonyl (C=O) groups excluding carboxylic acids is 1. The first-order chi connectivity index (χ1) is 14.7. The summed E-state index contributed by atoms with van der Waals surface area (Å²) < 4.78 is 13.8. The van der Waals surface area contributed by atoms with Gasteiger partial charge in [0, 0.05) is 23.9 Å². The fourth-order valence-corrected chi connectivity index (χ4v) is 4.58. The molecule has 0 saturated carbocycles. The predicted octanol–water partition coefficient (Wildman–Crippen LogP) is 4.55. The minimum atomic E-state index is -0.174. The summed E-state index contributed by atoms with van der Waals surface area (Å²) in [5.74, 6) is 2.17. The number of carbonyl (C=O) groups is 1. The molecule has 1 amide bonds. The molecule has 1 aliphatic heterocycles. The summed E-state index contributed by atoms with van der Waals surface area (Å²) in [5, 5.41) is 4.74. The Morgan fingerprint density at radius 2 is 2.13 bits per heavy atom. The zero-order valence-corrected chi connectivity index (χ0v) is 17.4. The lowest BCUT2D eigenvalue weighted by molar-refractivity contribution is 0.0950. The lowest BCUT2D eigenvalue weighted by Gasteiger charge is -2.07. The third-order valence-corrected chi connectivity index (χ3v) is 6.06. The van der Waals surface area contributed by atoms with Crippen molar-refractivity contribution in [2.75, 3.05) is 5.75 Å². The summed E-state index contributed by atoms with van der Waals surface area (Å²) in [6.45, 7) is 3.63. The number of thioether (sulfide) groups is 1. The highest BCUT2D eigenvalue weighted by Crippen LogP contribution is 2.30. The Kier molecular flexibility index (Phi) is 4.96. The zero-order valence-electron chi connectivity index (χ0n) is 16.6. The molecule has 152 valence electrons. The summed E-state index contributed by atoms with van der Waals surface area (Å²) >= 11 is 1.74. The molecule has 5 rings (SSSR count). The first kappa shape index (κ1) is 18.8. The number of hydrogen-bond acceptors (Lipinski definition) is 5. The number of aryl methyl sites for hydroxylation is 2. The first-order valence-electron chi connectivity index (χ1n) is 9.84. The van der Waals surface area contributed by atoms with Gasteiger partial charge >= 0.3 is 0 Å². The van der Waals surface area contributed by atoms with Gasteiger partial charge in [-0.3, -0.25) is 4.79 Å². The Labute approximate surface area is 178 Å². The maximum atomic E-state index is 12.9. The normalized spacial score (nSPS) is 12.8. The van der Waals surface area contributed by atoms with Crippen LogP contribution in [0.4, 0.5) is 0 Å². The first-order valence-corrected chi connectivity index (χ1v) is 10.8. The number of imidazole rings is 1. The molecule has 0 saturated heterocycles. The minimum Gasteiger partial charge on any atom is -0.489 e. The monoisotopic (exact) mass is 419 g/mol. The molecule has 1 aliphatic rings. The van der Waals surface area contributed by atoms with E-state index in [1.807, 2.05) is 54.7 Å². The molecular formula is C23H21N3O3S. The van der Waals surface area contributed by atoms with Gasteiger partial charge in [0.1, 0.15) is 23.7 Å². The van der Waals surface area contributed by atoms with Crippen molar-refractivity contribution in [1.29, 1.82) is 0 Å². The molecule has 0 radical (unpaired) electrons. The lowest BCUT2D eigenvalue weighted by atomic mass is 10.1. The van der Waals surface area contributed by atoms with Crippen molar-refractivity contribution in [1.82, 2.24) is 14.9 Å². The second-order valence-electron chi connectivity index (χ2n) is 7.20. The van der Waals surface area contributed by atoms with Gasteiger partial charge in [-0.05, 0) is 30.7 Å². The summed E-state index contributed by atoms with van der Waals surface area (Å²) in [5.41, 5.74) is 3.16. The number of nitrogens with one attached hydrogen (secondary N) is 1. The Morgan fingerprint density at radius 1 is 1.27 bits per heavy atom. The maximum Gasteiger partial charge on any atom is 0.255 e. The zero-order chi connectivity index (χ0) is 20.5. The Bertz CT molecular complexity index is 1190. The second kappa shape index (κ2) is 7.91. The maximum absolute atomic E-state index is 12.9. The fraction of sp³-hybridized carbons (Fsp3) is 0.217. The summed E-state index contributed by atoms with van der Waals surface area (Å²) in [6.07, 6.45) is 2.01. The van der Waals surface area contributed by atoms with E-state index in [4.69, 9.17) is 9.15 Å². The van der Waals surface area contributed by atoms with Crippen LogP contribution in [0.1, 0.15) is 27.4 Å². The Morgan fingerprint density at radius 3 is 2.97 bits per heavy atom. The molecule has 2 aromatic carbocycles. The average Bonchev–Trinajstić information content (AvgIpc) is 3.43. The van der Waals surface area contributed by atoms with Crippen LogP contribution in [0.15, 0.2) is 64.3 Å². The highest BCUT2D eigenvalue weighted by atomic mass is 32.2. The van der Waals surface area contributed by atoms with E-state index in [-0.39, 0.29) is 5.91 Å². The van der Waals surface area contributed by atoms with Crippen molar-refractivity contribution in [2.24, 2.45) is 0 Å². The largest absolute Gasteiger partial charge is 0.489 e. The molecule has 3 heterocycles. The van der Waals surface area contributed by atoms with Crippen LogP contribution in [0.5, 0.6) is 5.75 Å². The number of amides is 1. The van der Waals surface area contributed by atoms with Gasteiger partial charge in [-0.1, -0.05) is 42.1 Å². The van der Waals surface area contributed by atoms with E-state index in [1.54, 1.807) is 18.7 Å². The number of hydrogen-bond donors (Lipinski definition) is 1. The van der Waals surface area contributed by atoms with E-state index in [1.165, 1.54) is 0 Å². The lowest BCUT2D eigenvalue weighted by Crippen LogP contribution is -2.23. The Balaban J connectivity index is 1.33. The molecular weight excluding hydrogens is 398 g/mol. The van der Waals surface area contributed by atoms with Crippen LogP contribution in [0.2, 0.25) is 0 Å². The molecule has 0 unspecified atom stereocenters. The van der Waals surface area contributed by atoms with E-state index in [0.29, 0.717) is 35.8 Å². The van der Waals surface area contributed by atoms with Crippen molar-refractivity contribution >= 4 is 28.6 Å². The molecule has 6 nitrogen and oxygen atoms in total. The fourth-order valence-electron chi connectivity index (χ4n) is 3.62. The van der Waals surface area contributed by atoms with Crippen LogP contribution in [0.3, 0.4) is 0 Å². The van der Waals surface area contributed by atoms with Crippen LogP contribution in [0.25, 0.3) is 11.0 Å². The molecule has 0 fully saturated rings. The number of fused-ring (bicyclic) bond motifs is 2. The van der Waals surface area contributed by atoms with E-state index >= 15 is 0 Å². The molecule has 0 aliphatic carbocycles. The minimum absolute atomic E-state index is 0.174. The number of ether oxygens (including phenoxy) is 1. The van der Waals surface area contributed by atoms with Crippen LogP contribution < -0.4 is 10.1 Å². The molecule has 0 bridgehead atoms. The number of rotatable bonds is 6. The van der Waals surface area contributed by atoms with Crippen LogP contribution in [-0.4, -0.2) is 21.2 Å². The van der Waals surface area contributed by atoms with Crippen molar-refractivity contribution in [3.05, 3.63) is 77.3 Å². The molecule has 1 N–H and O–H groups in total. The number of aromatic nitrogens is 2. The van der Waals surface area contributed by atoms with E-state index < -0.39 is 0 Å². The van der Waals surface area contributed by atoms with Gasteiger partial charge in [0.2, 0.25) is 0 Å². The van der Waals surface area contributed by atoms with Gasteiger partial charge in [-0.25, -0.2) is 4.98 Å². The van der Waals surface area contributed by atoms with E-state index in [0.717, 1.165) is 34.1 Å². The standard InChI is InChI=1S/C23H21N3O3S/c1-15-21(22(27)24-12-17-13-26-9-10-30-23(26)25-17)19-11-18(7-8-20(19)29-15)28-14-16-5-3-2-4-6-16/h2-8,11,13H,9-10,12,14H2,1H3,(H,24,27). The van der Waals surface area contributed by atoms with Crippen molar-refractivity contribution in [3.8, 4) is 5.75 Å². The average molecular weight is 420 g/mol. The van der Waals surface area contributed by atoms with Crippen molar-refractivity contribution in [3.63, 3.8) is 0 Å². The SMILES string of the molecule is Cc1oc2ccc(OCc3ccccc3)cc2c1C(=O)NCc1cn2c(n1)SCC2. The molecule has 0 atom stereocenters. The molecule has 7 heteroatoms. The van der Waals surface area contributed by atoms with Gasteiger partial charge in [0.25, 0.3) is 5.91 Å². The third kappa shape index (κ3) is 3.68. The van der Waals surface area contributed by atoms with E-state index in [2.05, 4.69) is 14.9 Å². The molecule has 0 spiro atoms. The van der Waals surface area contributed by atoms with Crippen molar-refractivity contribution < 1.29 is 13.9 Å². The van der Waals surface area contributed by atoms with Crippen molar-refractivity contribution in [2.45, 2.75) is 31.8 Å². The highest BCUT2D eigenvalue weighted by molar-refractivity contribution is 7.99. The number of benzene rings is 2. The van der Waals surface area contributed by atoms with E-state index in [9.17, 15) is 4.79 Å². The number of furan rings is 1. The predicted molar refractivity (Wildman–Crippen MR) is 116 cm³/mol. The molecule has 4 aromatic rings. The smallest absolute Gasteiger partial charge is 0.255 e.